The number of aliphatic hydroxyl groups excluding tert-OH is 1. The fourth-order valence-electron chi connectivity index (χ4n) is 1.43. The van der Waals surface area contributed by atoms with Crippen LogP contribution in [0.25, 0.3) is 0 Å². The van der Waals surface area contributed by atoms with Crippen LogP contribution >= 0.6 is 0 Å². The summed E-state index contributed by atoms with van der Waals surface area (Å²) in [6.45, 7) is 2.86. The summed E-state index contributed by atoms with van der Waals surface area (Å²) in [5.41, 5.74) is -3.14. The fraction of sp³-hybridized carbons (Fsp3) is 0.333. The highest BCUT2D eigenvalue weighted by Crippen LogP contribution is 2.23. The van der Waals surface area contributed by atoms with Crippen LogP contribution in [-0.4, -0.2) is 78.3 Å². The average molecular weight is 348 g/mol. The zero-order chi connectivity index (χ0) is 19.2. The molecule has 0 heterocycles. The second kappa shape index (κ2) is 7.87. The van der Waals surface area contributed by atoms with Gasteiger partial charge >= 0.3 is 29.8 Å². The molecule has 0 saturated carbocycles. The van der Waals surface area contributed by atoms with E-state index in [-0.39, 0.29) is 0 Å². The third kappa shape index (κ3) is 4.64. The van der Waals surface area contributed by atoms with E-state index < -0.39 is 59.6 Å². The second-order valence-corrected chi connectivity index (χ2v) is 4.23. The lowest BCUT2D eigenvalue weighted by molar-refractivity contribution is -0.179. The van der Waals surface area contributed by atoms with E-state index in [1.54, 1.807) is 5.73 Å². The zero-order valence-electron chi connectivity index (χ0n) is 11.7. The highest BCUT2D eigenvalue weighted by atomic mass is 16.6. The van der Waals surface area contributed by atoms with Crippen molar-refractivity contribution in [3.8, 4) is 0 Å². The first-order valence-corrected chi connectivity index (χ1v) is 5.81. The molecule has 12 heteroatoms. The number of hydrogen-bond donors (Lipinski definition) is 6. The van der Waals surface area contributed by atoms with E-state index in [2.05, 4.69) is 11.3 Å². The van der Waals surface area contributed by atoms with Crippen molar-refractivity contribution in [1.29, 1.82) is 0 Å². The summed E-state index contributed by atoms with van der Waals surface area (Å²) in [6.07, 6.45) is -6.91. The molecule has 12 nitrogen and oxygen atoms in total. The predicted octanol–water partition coefficient (Wildman–Crippen LogP) is -2.57. The molecule has 3 unspecified atom stereocenters. The summed E-state index contributed by atoms with van der Waals surface area (Å²) >= 11 is 0. The Bertz CT molecular complexity index is 628. The maximum atomic E-state index is 11.8. The summed E-state index contributed by atoms with van der Waals surface area (Å²) in [4.78, 5) is 54.9. The second-order valence-electron chi connectivity index (χ2n) is 4.23. The Morgan fingerprint density at radius 1 is 1.04 bits per heavy atom. The first-order chi connectivity index (χ1) is 10.9. The number of esters is 1. The van der Waals surface area contributed by atoms with Gasteiger partial charge in [0.2, 0.25) is 11.7 Å². The van der Waals surface area contributed by atoms with E-state index in [1.807, 2.05) is 0 Å². The Morgan fingerprint density at radius 2 is 1.54 bits per heavy atom. The molecule has 0 aromatic heterocycles. The van der Waals surface area contributed by atoms with Crippen LogP contribution in [0.2, 0.25) is 0 Å². The standard InChI is InChI=1S/C12H12O12/c1-2-4(12(23,11(21)22)3-5(13)14)10(20)24-7(9(18)19)6(15)8(16)17/h6-7,15,23H,1,3H2,(H,13,14)(H,16,17)(H,18,19)(H,21,22). The van der Waals surface area contributed by atoms with Crippen molar-refractivity contribution in [1.82, 2.24) is 0 Å². The minimum atomic E-state index is -3.37. The molecule has 24 heavy (non-hydrogen) atoms. The molecular weight excluding hydrogens is 336 g/mol. The topological polar surface area (TPSA) is 216 Å². The summed E-state index contributed by atoms with van der Waals surface area (Å²) in [7, 11) is 0. The van der Waals surface area contributed by atoms with Gasteiger partial charge in [-0.1, -0.05) is 6.58 Å². The maximum Gasteiger partial charge on any atom is 0.348 e. The lowest BCUT2D eigenvalue weighted by atomic mass is 9.90. The normalized spacial score (nSPS) is 15.1. The molecule has 0 fully saturated rings. The third-order valence-corrected chi connectivity index (χ3v) is 2.57. The van der Waals surface area contributed by atoms with Crippen LogP contribution in [0, 0.1) is 0 Å². The Hall–Kier alpha value is -3.21. The van der Waals surface area contributed by atoms with Crippen molar-refractivity contribution in [3.63, 3.8) is 0 Å². The number of carboxylic acid groups (broad SMARTS) is 4. The average Bonchev–Trinajstić information content (AvgIpc) is 2.43. The van der Waals surface area contributed by atoms with Crippen LogP contribution in [0.15, 0.2) is 17.9 Å². The summed E-state index contributed by atoms with van der Waals surface area (Å²) in [5.74, 6) is -10.2. The van der Waals surface area contributed by atoms with E-state index in [0.717, 1.165) is 0 Å². The quantitative estimate of drug-likeness (QED) is 0.144. The predicted molar refractivity (Wildman–Crippen MR) is 68.6 cm³/mol. The molecule has 0 radical (unpaired) electrons. The minimum absolute atomic E-state index is 1.39. The van der Waals surface area contributed by atoms with Gasteiger partial charge in [-0.15, -0.1) is 5.73 Å². The van der Waals surface area contributed by atoms with Crippen LogP contribution in [0.5, 0.6) is 0 Å². The largest absolute Gasteiger partial charge is 0.481 e. The highest BCUT2D eigenvalue weighted by molar-refractivity contribution is 6.02. The first kappa shape index (κ1) is 20.8. The number of carboxylic acids is 4. The van der Waals surface area contributed by atoms with E-state index in [1.165, 1.54) is 0 Å². The lowest BCUT2D eigenvalue weighted by Gasteiger charge is -2.24. The van der Waals surface area contributed by atoms with Crippen molar-refractivity contribution in [3.05, 3.63) is 17.9 Å². The molecule has 6 N–H and O–H groups in total. The number of aliphatic hydroxyl groups is 2. The van der Waals surface area contributed by atoms with Crippen LogP contribution in [0.3, 0.4) is 0 Å². The van der Waals surface area contributed by atoms with Crippen molar-refractivity contribution >= 4 is 29.8 Å². The number of hydrogen-bond acceptors (Lipinski definition) is 8. The van der Waals surface area contributed by atoms with Crippen molar-refractivity contribution in [2.24, 2.45) is 0 Å². The van der Waals surface area contributed by atoms with Gasteiger partial charge in [-0.25, -0.2) is 19.2 Å². The molecule has 0 rings (SSSR count). The molecule has 0 amide bonds. The zero-order valence-corrected chi connectivity index (χ0v) is 11.7. The van der Waals surface area contributed by atoms with Gasteiger partial charge in [0.05, 0.1) is 6.42 Å². The van der Waals surface area contributed by atoms with Crippen molar-refractivity contribution < 1.29 is 59.3 Å². The molecule has 0 spiro atoms. The molecule has 0 saturated heterocycles. The Labute approximate surface area is 132 Å². The Balaban J connectivity index is 5.75. The number of carbonyl (C=O) groups is 5. The minimum Gasteiger partial charge on any atom is -0.481 e. The van der Waals surface area contributed by atoms with Gasteiger partial charge in [0.1, 0.15) is 5.57 Å². The molecular formula is C12H12O12. The van der Waals surface area contributed by atoms with E-state index in [9.17, 15) is 29.1 Å². The number of carbonyl (C=O) groups excluding carboxylic acids is 1. The van der Waals surface area contributed by atoms with Gasteiger partial charge in [0, 0.05) is 0 Å². The molecule has 0 aromatic rings. The molecule has 0 aliphatic rings. The van der Waals surface area contributed by atoms with Crippen molar-refractivity contribution in [2.75, 3.05) is 0 Å². The molecule has 0 aliphatic carbocycles. The molecule has 0 bridgehead atoms. The van der Waals surface area contributed by atoms with Gasteiger partial charge in [-0.2, -0.15) is 0 Å². The van der Waals surface area contributed by atoms with Crippen LogP contribution in [-0.2, 0) is 28.7 Å². The van der Waals surface area contributed by atoms with E-state index in [4.69, 9.17) is 25.5 Å². The highest BCUT2D eigenvalue weighted by Gasteiger charge is 2.48. The fourth-order valence-corrected chi connectivity index (χ4v) is 1.43. The van der Waals surface area contributed by atoms with Crippen molar-refractivity contribution in [2.45, 2.75) is 24.2 Å². The Morgan fingerprint density at radius 3 is 1.83 bits per heavy atom. The van der Waals surface area contributed by atoms with Gasteiger partial charge in [-0.05, 0) is 0 Å². The van der Waals surface area contributed by atoms with Gasteiger partial charge < -0.3 is 35.4 Å². The van der Waals surface area contributed by atoms with E-state index >= 15 is 0 Å². The number of aliphatic carboxylic acids is 4. The van der Waals surface area contributed by atoms with E-state index in [0.29, 0.717) is 0 Å². The molecule has 0 aliphatic heterocycles. The SMILES string of the molecule is C=C=C(C(=O)OC(C(=O)O)C(O)C(=O)O)C(O)(CC(=O)O)C(=O)O. The summed E-state index contributed by atoms with van der Waals surface area (Å²) in [5, 5.41) is 53.7. The lowest BCUT2D eigenvalue weighted by Crippen LogP contribution is -2.48. The maximum absolute atomic E-state index is 11.8. The summed E-state index contributed by atoms with van der Waals surface area (Å²) in [6, 6.07) is 0. The number of rotatable bonds is 9. The molecule has 0 aromatic carbocycles. The van der Waals surface area contributed by atoms with Crippen LogP contribution in [0.1, 0.15) is 6.42 Å². The van der Waals surface area contributed by atoms with Gasteiger partial charge in [0.15, 0.2) is 6.10 Å². The van der Waals surface area contributed by atoms with Gasteiger partial charge in [0.25, 0.3) is 0 Å². The first-order valence-electron chi connectivity index (χ1n) is 5.81. The monoisotopic (exact) mass is 348 g/mol. The molecule has 132 valence electrons. The number of ether oxygens (including phenoxy) is 1. The van der Waals surface area contributed by atoms with Gasteiger partial charge in [-0.3, -0.25) is 4.79 Å². The smallest absolute Gasteiger partial charge is 0.348 e. The summed E-state index contributed by atoms with van der Waals surface area (Å²) < 4.78 is 4.14. The van der Waals surface area contributed by atoms with Crippen LogP contribution < -0.4 is 0 Å². The third-order valence-electron chi connectivity index (χ3n) is 2.57. The Kier molecular flexibility index (Phi) is 6.82. The van der Waals surface area contributed by atoms with Crippen LogP contribution in [0.4, 0.5) is 0 Å². The molecule has 3 atom stereocenters.